The molecular weight excluding hydrogens is 334 g/mol. The number of hydrogen-bond acceptors (Lipinski definition) is 5. The normalized spacial score (nSPS) is 15.9. The molecule has 0 saturated heterocycles. The van der Waals surface area contributed by atoms with Crippen LogP contribution in [0.2, 0.25) is 0 Å². The molecule has 6 nitrogen and oxygen atoms in total. The number of amides is 1. The topological polar surface area (TPSA) is 62.5 Å². The first kappa shape index (κ1) is 16.0. The molecule has 0 bridgehead atoms. The van der Waals surface area contributed by atoms with Gasteiger partial charge < -0.3 is 10.2 Å². The van der Waals surface area contributed by atoms with Gasteiger partial charge in [-0.3, -0.25) is 14.5 Å². The molecule has 0 aliphatic carbocycles. The number of thioether (sulfide) groups is 1. The van der Waals surface area contributed by atoms with E-state index in [0.717, 1.165) is 40.9 Å². The third-order valence-electron chi connectivity index (χ3n) is 4.54. The maximum absolute atomic E-state index is 12.6. The van der Waals surface area contributed by atoms with Crippen molar-refractivity contribution in [2.24, 2.45) is 12.0 Å². The van der Waals surface area contributed by atoms with E-state index >= 15 is 0 Å². The van der Waals surface area contributed by atoms with Crippen molar-refractivity contribution >= 4 is 34.2 Å². The maximum Gasteiger partial charge on any atom is 0.259 e. The molecule has 7 heteroatoms. The molecule has 1 aromatic heterocycles. The van der Waals surface area contributed by atoms with E-state index in [2.05, 4.69) is 25.7 Å². The molecule has 0 atom stereocenters. The number of fused-ring (bicyclic) bond motifs is 1. The number of aromatic nitrogens is 2. The molecule has 128 valence electrons. The fourth-order valence-electron chi connectivity index (χ4n) is 3.17. The summed E-state index contributed by atoms with van der Waals surface area (Å²) < 4.78 is 1.73. The number of hydrogen-bond donors (Lipinski definition) is 1. The molecule has 1 N–H and O–H groups in total. The summed E-state index contributed by atoms with van der Waals surface area (Å²) in [5.41, 5.74) is 5.32. The molecule has 0 radical (unpaired) electrons. The molecule has 25 heavy (non-hydrogen) atoms. The summed E-state index contributed by atoms with van der Waals surface area (Å²) in [5.74, 6) is -0.125. The Bertz CT molecular complexity index is 910. The van der Waals surface area contributed by atoms with Crippen LogP contribution in [0.4, 0.5) is 5.69 Å². The van der Waals surface area contributed by atoms with Crippen molar-refractivity contribution in [3.8, 4) is 0 Å². The predicted octanol–water partition coefficient (Wildman–Crippen LogP) is 3.01. The van der Waals surface area contributed by atoms with Crippen LogP contribution >= 0.6 is 11.8 Å². The van der Waals surface area contributed by atoms with Crippen molar-refractivity contribution < 1.29 is 4.79 Å². The Kier molecular flexibility index (Phi) is 3.88. The summed E-state index contributed by atoms with van der Waals surface area (Å²) in [6.07, 6.45) is 0. The lowest BCUT2D eigenvalue weighted by atomic mass is 10.1. The fraction of sp³-hybridized carbons (Fsp3) is 0.278. The van der Waals surface area contributed by atoms with Gasteiger partial charge in [0.25, 0.3) is 5.91 Å². The third-order valence-corrected chi connectivity index (χ3v) is 5.44. The van der Waals surface area contributed by atoms with E-state index < -0.39 is 0 Å². The van der Waals surface area contributed by atoms with E-state index in [1.54, 1.807) is 16.4 Å². The van der Waals surface area contributed by atoms with Crippen molar-refractivity contribution in [3.63, 3.8) is 0 Å². The minimum atomic E-state index is -0.125. The van der Waals surface area contributed by atoms with Gasteiger partial charge in [0.05, 0.1) is 23.5 Å². The van der Waals surface area contributed by atoms with Crippen molar-refractivity contribution in [2.45, 2.75) is 13.8 Å². The van der Waals surface area contributed by atoms with Gasteiger partial charge in [-0.15, -0.1) is 0 Å². The van der Waals surface area contributed by atoms with Gasteiger partial charge >= 0.3 is 0 Å². The van der Waals surface area contributed by atoms with E-state index in [4.69, 9.17) is 0 Å². The van der Waals surface area contributed by atoms with Crippen LogP contribution in [-0.4, -0.2) is 38.8 Å². The smallest absolute Gasteiger partial charge is 0.259 e. The first-order valence-electron chi connectivity index (χ1n) is 8.15. The van der Waals surface area contributed by atoms with Crippen LogP contribution in [-0.2, 0) is 7.05 Å². The van der Waals surface area contributed by atoms with E-state index in [0.29, 0.717) is 5.56 Å². The lowest BCUT2D eigenvalue weighted by Gasteiger charge is -2.17. The minimum absolute atomic E-state index is 0.125. The molecule has 4 rings (SSSR count). The van der Waals surface area contributed by atoms with Crippen LogP contribution in [0.25, 0.3) is 5.70 Å². The fourth-order valence-corrected chi connectivity index (χ4v) is 4.13. The highest BCUT2D eigenvalue weighted by Crippen LogP contribution is 2.35. The number of anilines is 1. The second-order valence-corrected chi connectivity index (χ2v) is 6.97. The molecule has 0 spiro atoms. The number of nitrogens with one attached hydrogen (secondary N) is 1. The van der Waals surface area contributed by atoms with E-state index in [1.165, 1.54) is 5.70 Å². The molecule has 2 aromatic rings. The second-order valence-electron chi connectivity index (χ2n) is 6.14. The summed E-state index contributed by atoms with van der Waals surface area (Å²) >= 11 is 1.67. The molecule has 3 heterocycles. The van der Waals surface area contributed by atoms with Gasteiger partial charge in [0.2, 0.25) is 0 Å². The van der Waals surface area contributed by atoms with Crippen molar-refractivity contribution in [3.05, 3.63) is 52.2 Å². The molecule has 0 unspecified atom stereocenters. The zero-order valence-corrected chi connectivity index (χ0v) is 15.2. The Labute approximate surface area is 150 Å². The second kappa shape index (κ2) is 6.07. The largest absolute Gasteiger partial charge is 0.322 e. The lowest BCUT2D eigenvalue weighted by Crippen LogP contribution is -2.19. The van der Waals surface area contributed by atoms with Gasteiger partial charge in [-0.2, -0.15) is 5.10 Å². The van der Waals surface area contributed by atoms with Crippen molar-refractivity contribution in [1.82, 2.24) is 14.7 Å². The Hall–Kier alpha value is -2.54. The molecule has 1 amide bonds. The molecule has 0 fully saturated rings. The SMILES string of the molecule is Cc1nn(C)c(C)c1C(=O)Nc1ccc(C2=CSC3=NCCN23)cc1. The highest BCUT2D eigenvalue weighted by molar-refractivity contribution is 8.16. The number of carbonyl (C=O) groups is 1. The number of carbonyl (C=O) groups excluding carboxylic acids is 1. The Morgan fingerprint density at radius 2 is 2.00 bits per heavy atom. The van der Waals surface area contributed by atoms with Crippen molar-refractivity contribution in [2.75, 3.05) is 18.4 Å². The van der Waals surface area contributed by atoms with Gasteiger partial charge in [-0.25, -0.2) is 0 Å². The number of amidine groups is 1. The standard InChI is InChI=1S/C18H19N5OS/c1-11-16(12(2)22(3)21-11)17(24)20-14-6-4-13(5-7-14)15-10-25-18-19-8-9-23(15)18/h4-7,10H,8-9H2,1-3H3,(H,20,24). The van der Waals surface area contributed by atoms with E-state index in [-0.39, 0.29) is 5.91 Å². The number of nitrogens with zero attached hydrogens (tertiary/aromatic N) is 4. The van der Waals surface area contributed by atoms with E-state index in [9.17, 15) is 4.79 Å². The highest BCUT2D eigenvalue weighted by Gasteiger charge is 2.27. The van der Waals surface area contributed by atoms with Crippen LogP contribution < -0.4 is 5.32 Å². The summed E-state index contributed by atoms with van der Waals surface area (Å²) in [5, 5.41) is 10.5. The minimum Gasteiger partial charge on any atom is -0.322 e. The zero-order chi connectivity index (χ0) is 17.6. The average molecular weight is 353 g/mol. The van der Waals surface area contributed by atoms with E-state index in [1.807, 2.05) is 45.2 Å². The van der Waals surface area contributed by atoms with Crippen LogP contribution in [0, 0.1) is 13.8 Å². The van der Waals surface area contributed by atoms with Gasteiger partial charge in [0, 0.05) is 30.4 Å². The summed E-state index contributed by atoms with van der Waals surface area (Å²) in [4.78, 5) is 19.3. The molecule has 2 aliphatic rings. The Balaban J connectivity index is 1.51. The summed E-state index contributed by atoms with van der Waals surface area (Å²) in [7, 11) is 1.84. The number of benzene rings is 1. The summed E-state index contributed by atoms with van der Waals surface area (Å²) in [6.45, 7) is 5.55. The number of aryl methyl sites for hydroxylation is 2. The van der Waals surface area contributed by atoms with Gasteiger partial charge in [-0.05, 0) is 31.5 Å². The monoisotopic (exact) mass is 353 g/mol. The Morgan fingerprint density at radius 1 is 1.24 bits per heavy atom. The molecule has 1 aromatic carbocycles. The molecule has 2 aliphatic heterocycles. The predicted molar refractivity (Wildman–Crippen MR) is 102 cm³/mol. The zero-order valence-electron chi connectivity index (χ0n) is 14.4. The van der Waals surface area contributed by atoms with Gasteiger partial charge in [0.15, 0.2) is 5.17 Å². The van der Waals surface area contributed by atoms with Crippen LogP contribution in [0.15, 0.2) is 34.7 Å². The lowest BCUT2D eigenvalue weighted by molar-refractivity contribution is 0.102. The van der Waals surface area contributed by atoms with Crippen LogP contribution in [0.1, 0.15) is 27.3 Å². The molecular formula is C18H19N5OS. The number of rotatable bonds is 3. The summed E-state index contributed by atoms with van der Waals surface area (Å²) in [6, 6.07) is 7.94. The van der Waals surface area contributed by atoms with Crippen LogP contribution in [0.5, 0.6) is 0 Å². The van der Waals surface area contributed by atoms with Gasteiger partial charge in [-0.1, -0.05) is 23.9 Å². The number of aliphatic imine (C=N–C) groups is 1. The van der Waals surface area contributed by atoms with Gasteiger partial charge in [0.1, 0.15) is 0 Å². The average Bonchev–Trinajstić information content (AvgIpc) is 3.24. The van der Waals surface area contributed by atoms with Crippen LogP contribution in [0.3, 0.4) is 0 Å². The highest BCUT2D eigenvalue weighted by atomic mass is 32.2. The quantitative estimate of drug-likeness (QED) is 0.921. The first-order valence-corrected chi connectivity index (χ1v) is 9.03. The third kappa shape index (κ3) is 2.74. The molecule has 0 saturated carbocycles. The van der Waals surface area contributed by atoms with Crippen molar-refractivity contribution in [1.29, 1.82) is 0 Å². The Morgan fingerprint density at radius 3 is 2.68 bits per heavy atom. The first-order chi connectivity index (χ1) is 12.0. The maximum atomic E-state index is 12.6.